The zero-order valence-corrected chi connectivity index (χ0v) is 18.8. The van der Waals surface area contributed by atoms with Crippen molar-refractivity contribution in [3.05, 3.63) is 0 Å². The molecule has 0 aromatic rings. The lowest BCUT2D eigenvalue weighted by Crippen LogP contribution is -2.46. The number of hydrogen-bond donors (Lipinski definition) is 2. The molecule has 1 amide bonds. The Morgan fingerprint density at radius 3 is 2.59 bits per heavy atom. The van der Waals surface area contributed by atoms with Crippen molar-refractivity contribution < 1.29 is 9.53 Å². The van der Waals surface area contributed by atoms with Gasteiger partial charge in [-0.3, -0.25) is 14.6 Å². The van der Waals surface area contributed by atoms with E-state index in [2.05, 4.69) is 32.3 Å². The van der Waals surface area contributed by atoms with Crippen LogP contribution in [0.4, 0.5) is 0 Å². The van der Waals surface area contributed by atoms with Crippen LogP contribution in [0.1, 0.15) is 39.0 Å². The van der Waals surface area contributed by atoms with Gasteiger partial charge in [-0.1, -0.05) is 13.3 Å². The number of hydrogen-bond acceptors (Lipinski definition) is 5. The highest BCUT2D eigenvalue weighted by Gasteiger charge is 2.20. The molecule has 2 saturated heterocycles. The first-order chi connectivity index (χ1) is 14.1. The molecule has 2 aliphatic rings. The van der Waals surface area contributed by atoms with E-state index in [4.69, 9.17) is 4.74 Å². The molecule has 8 heteroatoms. The van der Waals surface area contributed by atoms with E-state index in [-0.39, 0.29) is 12.5 Å². The molecular formula is C21H42N6O2. The van der Waals surface area contributed by atoms with Crippen LogP contribution < -0.4 is 10.6 Å². The van der Waals surface area contributed by atoms with Crippen LogP contribution in [0.5, 0.6) is 0 Å². The van der Waals surface area contributed by atoms with E-state index >= 15 is 0 Å². The Labute approximate surface area is 177 Å². The average molecular weight is 411 g/mol. The third kappa shape index (κ3) is 9.31. The number of amides is 1. The van der Waals surface area contributed by atoms with Gasteiger partial charge in [-0.2, -0.15) is 0 Å². The van der Waals surface area contributed by atoms with Gasteiger partial charge in [-0.05, 0) is 38.8 Å². The summed E-state index contributed by atoms with van der Waals surface area (Å²) >= 11 is 0. The van der Waals surface area contributed by atoms with Gasteiger partial charge < -0.3 is 20.3 Å². The summed E-state index contributed by atoms with van der Waals surface area (Å²) in [5.41, 5.74) is 0. The van der Waals surface area contributed by atoms with Crippen molar-refractivity contribution in [3.63, 3.8) is 0 Å². The predicted molar refractivity (Wildman–Crippen MR) is 118 cm³/mol. The first-order valence-corrected chi connectivity index (χ1v) is 11.4. The Morgan fingerprint density at radius 1 is 1.10 bits per heavy atom. The van der Waals surface area contributed by atoms with Crippen LogP contribution in [0, 0.1) is 0 Å². The summed E-state index contributed by atoms with van der Waals surface area (Å²) in [5, 5.41) is 6.85. The van der Waals surface area contributed by atoms with Gasteiger partial charge in [0.2, 0.25) is 5.91 Å². The number of guanidine groups is 1. The molecule has 0 radical (unpaired) electrons. The average Bonchev–Trinajstić information content (AvgIpc) is 2.75. The normalized spacial score (nSPS) is 21.8. The summed E-state index contributed by atoms with van der Waals surface area (Å²) in [6, 6.07) is 0.711. The van der Waals surface area contributed by atoms with E-state index in [1.165, 1.54) is 32.2 Å². The minimum Gasteiger partial charge on any atom is -0.379 e. The monoisotopic (exact) mass is 410 g/mol. The van der Waals surface area contributed by atoms with Crippen molar-refractivity contribution in [1.29, 1.82) is 0 Å². The van der Waals surface area contributed by atoms with E-state index in [9.17, 15) is 4.79 Å². The number of ether oxygens (including phenoxy) is 1. The van der Waals surface area contributed by atoms with E-state index in [1.54, 1.807) is 19.0 Å². The Hall–Kier alpha value is -1.38. The summed E-state index contributed by atoms with van der Waals surface area (Å²) < 4.78 is 5.40. The number of likely N-dealkylation sites (N-methyl/N-ethyl adjacent to an activating group) is 1. The fourth-order valence-electron chi connectivity index (χ4n) is 3.93. The number of likely N-dealkylation sites (tertiary alicyclic amines) is 1. The van der Waals surface area contributed by atoms with Crippen molar-refractivity contribution in [2.24, 2.45) is 4.99 Å². The maximum absolute atomic E-state index is 11.9. The van der Waals surface area contributed by atoms with E-state index < -0.39 is 0 Å². The van der Waals surface area contributed by atoms with Crippen LogP contribution in [-0.4, -0.2) is 112 Å². The molecule has 0 aliphatic carbocycles. The molecule has 0 saturated carbocycles. The summed E-state index contributed by atoms with van der Waals surface area (Å²) in [6.45, 7) is 11.1. The minimum absolute atomic E-state index is 0.0153. The second-order valence-corrected chi connectivity index (χ2v) is 8.21. The van der Waals surface area contributed by atoms with Crippen LogP contribution in [0.15, 0.2) is 4.99 Å². The number of nitrogens with zero attached hydrogens (tertiary/aromatic N) is 4. The molecule has 0 spiro atoms. The van der Waals surface area contributed by atoms with E-state index in [0.717, 1.165) is 64.9 Å². The highest BCUT2D eigenvalue weighted by atomic mass is 16.5. The lowest BCUT2D eigenvalue weighted by molar-refractivity contribution is -0.127. The number of morpholine rings is 1. The molecule has 1 atom stereocenters. The topological polar surface area (TPSA) is 72.4 Å². The fourth-order valence-corrected chi connectivity index (χ4v) is 3.93. The molecule has 0 aromatic heterocycles. The second kappa shape index (κ2) is 13.8. The van der Waals surface area contributed by atoms with Gasteiger partial charge in [0.25, 0.3) is 0 Å². The summed E-state index contributed by atoms with van der Waals surface area (Å²) in [6.07, 6.45) is 6.24. The Kier molecular flexibility index (Phi) is 11.3. The van der Waals surface area contributed by atoms with Crippen LogP contribution in [0.3, 0.4) is 0 Å². The lowest BCUT2D eigenvalue weighted by atomic mass is 10.0. The maximum atomic E-state index is 11.9. The van der Waals surface area contributed by atoms with Gasteiger partial charge in [0.05, 0.1) is 13.2 Å². The molecule has 2 aliphatic heterocycles. The zero-order chi connectivity index (χ0) is 20.9. The van der Waals surface area contributed by atoms with Crippen molar-refractivity contribution >= 4 is 11.9 Å². The van der Waals surface area contributed by atoms with Crippen LogP contribution in [0.25, 0.3) is 0 Å². The Morgan fingerprint density at radius 2 is 1.86 bits per heavy atom. The molecule has 8 nitrogen and oxygen atoms in total. The number of carbonyl (C=O) groups is 1. The van der Waals surface area contributed by atoms with Crippen LogP contribution in [-0.2, 0) is 9.53 Å². The number of piperidine rings is 1. The number of rotatable bonds is 10. The Balaban J connectivity index is 1.75. The fraction of sp³-hybridized carbons (Fsp3) is 0.905. The summed E-state index contributed by atoms with van der Waals surface area (Å²) in [7, 11) is 3.53. The molecule has 0 aromatic carbocycles. The van der Waals surface area contributed by atoms with Gasteiger partial charge in [0, 0.05) is 52.9 Å². The first kappa shape index (κ1) is 23.9. The molecule has 0 bridgehead atoms. The van der Waals surface area contributed by atoms with Crippen molar-refractivity contribution in [3.8, 4) is 0 Å². The maximum Gasteiger partial charge on any atom is 0.243 e. The molecular weight excluding hydrogens is 368 g/mol. The number of nitrogens with one attached hydrogen (secondary N) is 2. The molecule has 2 rings (SSSR count). The summed E-state index contributed by atoms with van der Waals surface area (Å²) in [5.74, 6) is 0.758. The van der Waals surface area contributed by atoms with E-state index in [1.807, 2.05) is 0 Å². The van der Waals surface area contributed by atoms with Crippen LogP contribution in [0.2, 0.25) is 0 Å². The SMILES string of the molecule is CCC1CCCCN1CCNC(=NCC(=O)N(C)C)NCCCN1CCOCC1. The molecule has 168 valence electrons. The smallest absolute Gasteiger partial charge is 0.243 e. The molecule has 2 fully saturated rings. The quantitative estimate of drug-likeness (QED) is 0.312. The molecule has 1 unspecified atom stereocenters. The highest BCUT2D eigenvalue weighted by molar-refractivity contribution is 5.84. The first-order valence-electron chi connectivity index (χ1n) is 11.4. The third-order valence-corrected chi connectivity index (χ3v) is 5.83. The van der Waals surface area contributed by atoms with Crippen LogP contribution >= 0.6 is 0 Å². The van der Waals surface area contributed by atoms with E-state index in [0.29, 0.717) is 6.04 Å². The largest absolute Gasteiger partial charge is 0.379 e. The van der Waals surface area contributed by atoms with Gasteiger partial charge >= 0.3 is 0 Å². The predicted octanol–water partition coefficient (Wildman–Crippen LogP) is 0.597. The van der Waals surface area contributed by atoms with Gasteiger partial charge in [-0.25, -0.2) is 4.99 Å². The molecule has 2 heterocycles. The lowest BCUT2D eigenvalue weighted by Gasteiger charge is -2.35. The van der Waals surface area contributed by atoms with Crippen molar-refractivity contribution in [2.45, 2.75) is 45.1 Å². The standard InChI is InChI=1S/C21H42N6O2/c1-4-19-8-5-6-12-27(19)13-10-23-21(24-18-20(28)25(2)3)22-9-7-11-26-14-16-29-17-15-26/h19H,4-18H2,1-3H3,(H2,22,23,24). The number of aliphatic imine (C=N–C) groups is 1. The highest BCUT2D eigenvalue weighted by Crippen LogP contribution is 2.18. The zero-order valence-electron chi connectivity index (χ0n) is 18.8. The Bertz CT molecular complexity index is 494. The minimum atomic E-state index is 0.0153. The number of carbonyl (C=O) groups excluding carboxylic acids is 1. The summed E-state index contributed by atoms with van der Waals surface area (Å²) in [4.78, 5) is 23.0. The van der Waals surface area contributed by atoms with Gasteiger partial charge in [-0.15, -0.1) is 0 Å². The second-order valence-electron chi connectivity index (χ2n) is 8.21. The third-order valence-electron chi connectivity index (χ3n) is 5.83. The molecule has 2 N–H and O–H groups in total. The van der Waals surface area contributed by atoms with Gasteiger partial charge in [0.15, 0.2) is 5.96 Å². The molecule has 29 heavy (non-hydrogen) atoms. The van der Waals surface area contributed by atoms with Crippen molar-refractivity contribution in [2.75, 3.05) is 79.7 Å². The van der Waals surface area contributed by atoms with Crippen molar-refractivity contribution in [1.82, 2.24) is 25.3 Å². The van der Waals surface area contributed by atoms with Gasteiger partial charge in [0.1, 0.15) is 6.54 Å².